The molecule has 13 nitrogen and oxygen atoms in total. The number of hydrogen-bond acceptors (Lipinski definition) is 8. The molecule has 1 aliphatic rings. The summed E-state index contributed by atoms with van der Waals surface area (Å²) in [6.07, 6.45) is 0.963. The van der Waals surface area contributed by atoms with Crippen LogP contribution in [0.1, 0.15) is 64.7 Å². The number of fused-ring (bicyclic) bond motifs is 1. The van der Waals surface area contributed by atoms with Crippen LogP contribution in [-0.4, -0.2) is 61.2 Å². The first kappa shape index (κ1) is 33.0. The molecule has 2 N–H and O–H groups in total. The van der Waals surface area contributed by atoms with Gasteiger partial charge in [0.2, 0.25) is 11.9 Å². The molecule has 1 atom stereocenters. The van der Waals surface area contributed by atoms with Crippen molar-refractivity contribution in [3.05, 3.63) is 50.7 Å². The minimum absolute atomic E-state index is 0.119. The summed E-state index contributed by atoms with van der Waals surface area (Å²) in [7, 11) is 1.50. The number of nitrogens with one attached hydrogen (secondary N) is 2. The Morgan fingerprint density at radius 2 is 1.84 bits per heavy atom. The molecule has 0 saturated carbocycles. The lowest BCUT2D eigenvalue weighted by molar-refractivity contribution is -0.118. The SMILES string of the molecule is CC#CCn1c(N2CCC[C@H](NC(=O)OC(C)(C)C)C2)nc2c1c(=O)n(CC(=O)c1ccccc1NC(=O)C(C)C)c(=O)n2C. The van der Waals surface area contributed by atoms with Crippen LogP contribution in [0.15, 0.2) is 33.9 Å². The van der Waals surface area contributed by atoms with Gasteiger partial charge in [-0.15, -0.1) is 5.92 Å². The first-order chi connectivity index (χ1) is 21.2. The van der Waals surface area contributed by atoms with Crippen LogP contribution in [0.4, 0.5) is 16.4 Å². The third kappa shape index (κ3) is 7.45. The average molecular weight is 620 g/mol. The maximum absolute atomic E-state index is 14.0. The van der Waals surface area contributed by atoms with Crippen LogP contribution in [-0.2, 0) is 29.7 Å². The molecule has 0 bridgehead atoms. The lowest BCUT2D eigenvalue weighted by atomic mass is 10.1. The van der Waals surface area contributed by atoms with E-state index in [1.165, 1.54) is 11.6 Å². The van der Waals surface area contributed by atoms with Gasteiger partial charge in [0, 0.05) is 37.7 Å². The van der Waals surface area contributed by atoms with E-state index in [1.54, 1.807) is 70.4 Å². The third-order valence-corrected chi connectivity index (χ3v) is 7.36. The number of Topliss-reactive ketones (excluding diaryl/α,β-unsaturated/α-hetero) is 1. The Kier molecular flexibility index (Phi) is 9.85. The van der Waals surface area contributed by atoms with Crippen molar-refractivity contribution in [2.24, 2.45) is 13.0 Å². The predicted octanol–water partition coefficient (Wildman–Crippen LogP) is 2.89. The minimum atomic E-state index is -0.703. The van der Waals surface area contributed by atoms with Gasteiger partial charge in [-0.2, -0.15) is 4.98 Å². The van der Waals surface area contributed by atoms with Gasteiger partial charge < -0.3 is 20.3 Å². The molecule has 1 saturated heterocycles. The van der Waals surface area contributed by atoms with E-state index in [2.05, 4.69) is 22.5 Å². The highest BCUT2D eigenvalue weighted by atomic mass is 16.6. The number of benzene rings is 1. The highest BCUT2D eigenvalue weighted by Crippen LogP contribution is 2.24. The zero-order valence-corrected chi connectivity index (χ0v) is 26.9. The zero-order valence-electron chi connectivity index (χ0n) is 26.9. The summed E-state index contributed by atoms with van der Waals surface area (Å²) in [4.78, 5) is 72.4. The Balaban J connectivity index is 1.73. The molecular weight excluding hydrogens is 578 g/mol. The van der Waals surface area contributed by atoms with Gasteiger partial charge in [-0.1, -0.05) is 31.9 Å². The molecule has 45 heavy (non-hydrogen) atoms. The Morgan fingerprint density at radius 3 is 2.51 bits per heavy atom. The van der Waals surface area contributed by atoms with Gasteiger partial charge in [-0.3, -0.25) is 28.1 Å². The van der Waals surface area contributed by atoms with E-state index in [9.17, 15) is 24.0 Å². The molecule has 2 amide bonds. The Hall–Kier alpha value is -4.86. The molecule has 240 valence electrons. The van der Waals surface area contributed by atoms with Crippen molar-refractivity contribution in [1.29, 1.82) is 0 Å². The van der Waals surface area contributed by atoms with Crippen LogP contribution in [0, 0.1) is 17.8 Å². The van der Waals surface area contributed by atoms with Gasteiger partial charge in [0.1, 0.15) is 5.60 Å². The molecule has 1 aliphatic heterocycles. The van der Waals surface area contributed by atoms with E-state index in [0.717, 1.165) is 17.4 Å². The van der Waals surface area contributed by atoms with Crippen LogP contribution >= 0.6 is 0 Å². The zero-order chi connectivity index (χ0) is 33.1. The lowest BCUT2D eigenvalue weighted by Crippen LogP contribution is -2.49. The summed E-state index contributed by atoms with van der Waals surface area (Å²) in [6.45, 7) is 11.1. The van der Waals surface area contributed by atoms with Gasteiger partial charge in [0.05, 0.1) is 18.8 Å². The summed E-state index contributed by atoms with van der Waals surface area (Å²) in [6, 6.07) is 6.26. The third-order valence-electron chi connectivity index (χ3n) is 7.36. The molecule has 2 aromatic heterocycles. The summed E-state index contributed by atoms with van der Waals surface area (Å²) >= 11 is 0. The lowest BCUT2D eigenvalue weighted by Gasteiger charge is -2.34. The number of nitrogens with zero attached hydrogens (tertiary/aromatic N) is 5. The summed E-state index contributed by atoms with van der Waals surface area (Å²) in [5, 5.41) is 5.67. The van der Waals surface area contributed by atoms with Gasteiger partial charge in [-0.05, 0) is 52.7 Å². The number of carbonyl (C=O) groups is 3. The van der Waals surface area contributed by atoms with Crippen LogP contribution < -0.4 is 26.8 Å². The molecule has 0 unspecified atom stereocenters. The molecule has 4 rings (SSSR count). The first-order valence-electron chi connectivity index (χ1n) is 15.0. The van der Waals surface area contributed by atoms with Crippen LogP contribution in [0.3, 0.4) is 0 Å². The number of ether oxygens (including phenoxy) is 1. The fourth-order valence-electron chi connectivity index (χ4n) is 5.14. The number of carbonyl (C=O) groups excluding carboxylic acids is 3. The Morgan fingerprint density at radius 1 is 1.13 bits per heavy atom. The van der Waals surface area contributed by atoms with E-state index in [4.69, 9.17) is 9.72 Å². The van der Waals surface area contributed by atoms with Crippen molar-refractivity contribution in [2.75, 3.05) is 23.3 Å². The molecule has 3 aromatic rings. The maximum Gasteiger partial charge on any atom is 0.407 e. The Labute approximate surface area is 261 Å². The number of imidazole rings is 1. The van der Waals surface area contributed by atoms with Crippen molar-refractivity contribution < 1.29 is 19.1 Å². The van der Waals surface area contributed by atoms with Crippen LogP contribution in [0.2, 0.25) is 0 Å². The molecule has 1 fully saturated rings. The molecule has 0 aliphatic carbocycles. The number of piperidine rings is 1. The number of aryl methyl sites for hydroxylation is 1. The van der Waals surface area contributed by atoms with Gasteiger partial charge in [0.15, 0.2) is 16.9 Å². The summed E-state index contributed by atoms with van der Waals surface area (Å²) < 4.78 is 9.21. The van der Waals surface area contributed by atoms with E-state index >= 15 is 0 Å². The van der Waals surface area contributed by atoms with E-state index in [1.807, 2.05) is 4.90 Å². The van der Waals surface area contributed by atoms with Crippen LogP contribution in [0.5, 0.6) is 0 Å². The topological polar surface area (TPSA) is 150 Å². The highest BCUT2D eigenvalue weighted by Gasteiger charge is 2.29. The quantitative estimate of drug-likeness (QED) is 0.289. The number of para-hydroxylation sites is 1. The predicted molar refractivity (Wildman–Crippen MR) is 172 cm³/mol. The number of hydrogen-bond donors (Lipinski definition) is 2. The Bertz CT molecular complexity index is 1800. The molecule has 0 spiro atoms. The second-order valence-electron chi connectivity index (χ2n) is 12.4. The van der Waals surface area contributed by atoms with Crippen molar-refractivity contribution in [1.82, 2.24) is 24.0 Å². The molecule has 3 heterocycles. The monoisotopic (exact) mass is 619 g/mol. The second kappa shape index (κ2) is 13.4. The number of aromatic nitrogens is 4. The van der Waals surface area contributed by atoms with E-state index < -0.39 is 35.3 Å². The molecule has 1 aromatic carbocycles. The van der Waals surface area contributed by atoms with E-state index in [0.29, 0.717) is 24.7 Å². The average Bonchev–Trinajstić information content (AvgIpc) is 3.36. The van der Waals surface area contributed by atoms with Gasteiger partial charge in [0.25, 0.3) is 5.56 Å². The fraction of sp³-hybridized carbons (Fsp3) is 0.500. The minimum Gasteiger partial charge on any atom is -0.444 e. The second-order valence-corrected chi connectivity index (χ2v) is 12.4. The van der Waals surface area contributed by atoms with Gasteiger partial charge >= 0.3 is 11.8 Å². The van der Waals surface area contributed by atoms with Gasteiger partial charge in [-0.25, -0.2) is 9.59 Å². The van der Waals surface area contributed by atoms with Crippen molar-refractivity contribution >= 4 is 40.6 Å². The smallest absolute Gasteiger partial charge is 0.407 e. The fourth-order valence-corrected chi connectivity index (χ4v) is 5.14. The number of alkyl carbamates (subject to hydrolysis) is 1. The standard InChI is InChI=1S/C32H41N7O6/c1-8-9-17-38-25-26(35-29(38)37-16-12-13-21(18-37)33-30(43)45-32(4,5)6)36(7)31(44)39(28(25)42)19-24(40)22-14-10-11-15-23(22)34-27(41)20(2)3/h10-11,14-15,20-21H,12-13,16-19H2,1-7H3,(H,33,43)(H,34,41)/t21-/m0/s1. The number of anilines is 2. The summed E-state index contributed by atoms with van der Waals surface area (Å²) in [5.74, 6) is 5.17. The normalized spacial score (nSPS) is 15.0. The van der Waals surface area contributed by atoms with Crippen molar-refractivity contribution in [3.63, 3.8) is 0 Å². The number of amides is 2. The van der Waals surface area contributed by atoms with Crippen LogP contribution in [0.25, 0.3) is 11.2 Å². The number of ketones is 1. The maximum atomic E-state index is 14.0. The summed E-state index contributed by atoms with van der Waals surface area (Å²) in [5.41, 5.74) is -1.24. The first-order valence-corrected chi connectivity index (χ1v) is 15.0. The molecule has 0 radical (unpaired) electrons. The molecule has 13 heteroatoms. The van der Waals surface area contributed by atoms with Crippen molar-refractivity contribution in [2.45, 2.75) is 79.1 Å². The number of rotatable bonds is 8. The molecular formula is C32H41N7O6. The highest BCUT2D eigenvalue weighted by molar-refractivity contribution is 6.05. The van der Waals surface area contributed by atoms with E-state index in [-0.39, 0.29) is 41.1 Å². The largest absolute Gasteiger partial charge is 0.444 e. The van der Waals surface area contributed by atoms with Crippen molar-refractivity contribution in [3.8, 4) is 11.8 Å².